The van der Waals surface area contributed by atoms with Gasteiger partial charge in [-0.1, -0.05) is 6.07 Å². The second-order valence-corrected chi connectivity index (χ2v) is 6.77. The predicted molar refractivity (Wildman–Crippen MR) is 70.9 cm³/mol. The van der Waals surface area contributed by atoms with Crippen LogP contribution < -0.4 is 9.08 Å². The Morgan fingerprint density at radius 1 is 1.10 bits per heavy atom. The quantitative estimate of drug-likeness (QED) is 0.620. The first-order valence-electron chi connectivity index (χ1n) is 6.70. The van der Waals surface area contributed by atoms with Crippen LogP contribution in [0.3, 0.4) is 0 Å². The molecular formula is C13H14F3NO3S. The molecule has 0 unspecified atom stereocenters. The van der Waals surface area contributed by atoms with Gasteiger partial charge in [-0.15, -0.1) is 0 Å². The Labute approximate surface area is 120 Å². The molecule has 2 aliphatic rings. The minimum Gasteiger partial charge on any atom is -0.376 e. The summed E-state index contributed by atoms with van der Waals surface area (Å²) in [6.07, 6.45) is 3.15. The first kappa shape index (κ1) is 14.5. The molecule has 0 saturated heterocycles. The van der Waals surface area contributed by atoms with Crippen LogP contribution in [0.5, 0.6) is 5.75 Å². The van der Waals surface area contributed by atoms with E-state index >= 15 is 0 Å². The van der Waals surface area contributed by atoms with E-state index in [0.717, 1.165) is 43.6 Å². The normalized spacial score (nSPS) is 18.3. The molecule has 0 aliphatic carbocycles. The van der Waals surface area contributed by atoms with Gasteiger partial charge >= 0.3 is 15.6 Å². The first-order valence-corrected chi connectivity index (χ1v) is 8.11. The molecule has 0 spiro atoms. The maximum absolute atomic E-state index is 12.5. The van der Waals surface area contributed by atoms with Gasteiger partial charge in [0.1, 0.15) is 5.75 Å². The lowest BCUT2D eigenvalue weighted by molar-refractivity contribution is -0.0500. The summed E-state index contributed by atoms with van der Waals surface area (Å²) in [5, 5.41) is 0. The molecule has 0 saturated carbocycles. The van der Waals surface area contributed by atoms with E-state index < -0.39 is 15.6 Å². The molecule has 0 radical (unpaired) electrons. The number of hydrogen-bond acceptors (Lipinski definition) is 4. The number of alkyl halides is 3. The number of aryl methyl sites for hydroxylation is 1. The SMILES string of the molecule is O=S(=O)(Oc1ccc2c3c1CCCN3CCC2)C(F)(F)F. The molecule has 3 rings (SSSR count). The zero-order valence-electron chi connectivity index (χ0n) is 11.1. The maximum atomic E-state index is 12.5. The van der Waals surface area contributed by atoms with Gasteiger partial charge < -0.3 is 9.08 Å². The molecule has 1 aromatic carbocycles. The Kier molecular flexibility index (Phi) is 3.31. The van der Waals surface area contributed by atoms with E-state index in [2.05, 4.69) is 9.08 Å². The molecule has 0 fully saturated rings. The van der Waals surface area contributed by atoms with Crippen LogP contribution in [0.1, 0.15) is 24.0 Å². The first-order chi connectivity index (χ1) is 9.79. The van der Waals surface area contributed by atoms with E-state index in [1.165, 1.54) is 6.07 Å². The van der Waals surface area contributed by atoms with Crippen molar-refractivity contribution in [2.45, 2.75) is 31.2 Å². The van der Waals surface area contributed by atoms with Crippen molar-refractivity contribution in [3.05, 3.63) is 23.3 Å². The number of rotatable bonds is 2. The fraction of sp³-hybridized carbons (Fsp3) is 0.538. The van der Waals surface area contributed by atoms with E-state index in [1.54, 1.807) is 6.07 Å². The van der Waals surface area contributed by atoms with Gasteiger partial charge in [-0.25, -0.2) is 0 Å². The van der Waals surface area contributed by atoms with Gasteiger partial charge in [0.25, 0.3) is 0 Å². The Morgan fingerprint density at radius 3 is 2.43 bits per heavy atom. The highest BCUT2D eigenvalue weighted by Crippen LogP contribution is 2.41. The van der Waals surface area contributed by atoms with Crippen LogP contribution >= 0.6 is 0 Å². The fourth-order valence-corrected chi connectivity index (χ4v) is 3.48. The third-order valence-corrected chi connectivity index (χ3v) is 4.82. The van der Waals surface area contributed by atoms with Gasteiger partial charge in [0.15, 0.2) is 0 Å². The highest BCUT2D eigenvalue weighted by molar-refractivity contribution is 7.88. The Bertz CT molecular complexity index is 668. The topological polar surface area (TPSA) is 46.6 Å². The fourth-order valence-electron chi connectivity index (χ4n) is 2.99. The molecule has 2 heterocycles. The summed E-state index contributed by atoms with van der Waals surface area (Å²) in [5.41, 5.74) is -2.93. The maximum Gasteiger partial charge on any atom is 0.534 e. The molecule has 1 aromatic rings. The zero-order chi connectivity index (χ0) is 15.3. The summed E-state index contributed by atoms with van der Waals surface area (Å²) >= 11 is 0. The van der Waals surface area contributed by atoms with Gasteiger partial charge in [-0.3, -0.25) is 0 Å². The van der Waals surface area contributed by atoms with Crippen LogP contribution in [0.4, 0.5) is 18.9 Å². The highest BCUT2D eigenvalue weighted by Gasteiger charge is 2.49. The van der Waals surface area contributed by atoms with Crippen molar-refractivity contribution < 1.29 is 25.8 Å². The van der Waals surface area contributed by atoms with Crippen molar-refractivity contribution in [1.29, 1.82) is 0 Å². The molecule has 0 aromatic heterocycles. The smallest absolute Gasteiger partial charge is 0.376 e. The molecule has 116 valence electrons. The molecule has 0 amide bonds. The lowest BCUT2D eigenvalue weighted by atomic mass is 9.91. The number of hydrogen-bond donors (Lipinski definition) is 0. The molecule has 2 aliphatic heterocycles. The van der Waals surface area contributed by atoms with Crippen LogP contribution in [0.25, 0.3) is 0 Å². The van der Waals surface area contributed by atoms with Crippen LogP contribution in [0, 0.1) is 0 Å². The molecular weight excluding hydrogens is 307 g/mol. The Balaban J connectivity index is 2.04. The van der Waals surface area contributed by atoms with Crippen LogP contribution in [-0.4, -0.2) is 27.0 Å². The average molecular weight is 321 g/mol. The molecule has 21 heavy (non-hydrogen) atoms. The van der Waals surface area contributed by atoms with Gasteiger partial charge in [0.05, 0.1) is 0 Å². The lowest BCUT2D eigenvalue weighted by Crippen LogP contribution is -2.35. The van der Waals surface area contributed by atoms with E-state index in [-0.39, 0.29) is 5.75 Å². The minimum atomic E-state index is -5.62. The van der Waals surface area contributed by atoms with E-state index in [0.29, 0.717) is 12.0 Å². The zero-order valence-corrected chi connectivity index (χ0v) is 11.9. The van der Waals surface area contributed by atoms with Crippen molar-refractivity contribution in [3.8, 4) is 5.75 Å². The number of halogens is 3. The minimum absolute atomic E-state index is 0.197. The van der Waals surface area contributed by atoms with Crippen LogP contribution in [-0.2, 0) is 23.0 Å². The second kappa shape index (κ2) is 4.79. The highest BCUT2D eigenvalue weighted by atomic mass is 32.2. The van der Waals surface area contributed by atoms with E-state index in [9.17, 15) is 21.6 Å². The molecule has 8 heteroatoms. The predicted octanol–water partition coefficient (Wildman–Crippen LogP) is 2.61. The largest absolute Gasteiger partial charge is 0.534 e. The number of benzene rings is 1. The van der Waals surface area contributed by atoms with Crippen LogP contribution in [0.15, 0.2) is 12.1 Å². The number of anilines is 1. The monoisotopic (exact) mass is 321 g/mol. The Hall–Kier alpha value is -1.44. The van der Waals surface area contributed by atoms with E-state index in [1.807, 2.05) is 0 Å². The molecule has 0 N–H and O–H groups in total. The third kappa shape index (κ3) is 2.45. The summed E-state index contributed by atoms with van der Waals surface area (Å²) in [6.45, 7) is 1.69. The van der Waals surface area contributed by atoms with E-state index in [4.69, 9.17) is 0 Å². The van der Waals surface area contributed by atoms with Crippen molar-refractivity contribution in [2.24, 2.45) is 0 Å². The second-order valence-electron chi connectivity index (χ2n) is 5.23. The summed E-state index contributed by atoms with van der Waals surface area (Å²) in [6, 6.07) is 3.00. The van der Waals surface area contributed by atoms with Crippen molar-refractivity contribution >= 4 is 15.8 Å². The summed E-state index contributed by atoms with van der Waals surface area (Å²) in [4.78, 5) is 2.10. The summed E-state index contributed by atoms with van der Waals surface area (Å²) in [5.74, 6) is -0.197. The summed E-state index contributed by atoms with van der Waals surface area (Å²) in [7, 11) is -5.62. The Morgan fingerprint density at radius 2 is 1.76 bits per heavy atom. The van der Waals surface area contributed by atoms with Crippen LogP contribution in [0.2, 0.25) is 0 Å². The summed E-state index contributed by atoms with van der Waals surface area (Å²) < 4.78 is 64.1. The van der Waals surface area contributed by atoms with Gasteiger partial charge in [0, 0.05) is 24.3 Å². The van der Waals surface area contributed by atoms with Crippen molar-refractivity contribution in [2.75, 3.05) is 18.0 Å². The molecule has 0 atom stereocenters. The van der Waals surface area contributed by atoms with Crippen molar-refractivity contribution in [1.82, 2.24) is 0 Å². The third-order valence-electron chi connectivity index (χ3n) is 3.85. The standard InChI is InChI=1S/C13H14F3NO3S/c14-13(15,16)21(18,19)20-11-6-5-9-3-1-7-17-8-2-4-10(11)12(9)17/h5-6H,1-4,7-8H2. The lowest BCUT2D eigenvalue weighted by Gasteiger charge is -2.37. The molecule has 0 bridgehead atoms. The van der Waals surface area contributed by atoms with Gasteiger partial charge in [-0.2, -0.15) is 21.6 Å². The van der Waals surface area contributed by atoms with Crippen molar-refractivity contribution in [3.63, 3.8) is 0 Å². The number of nitrogens with zero attached hydrogens (tertiary/aromatic N) is 1. The van der Waals surface area contributed by atoms with Gasteiger partial charge in [-0.05, 0) is 37.3 Å². The average Bonchev–Trinajstić information content (AvgIpc) is 2.41. The van der Waals surface area contributed by atoms with Gasteiger partial charge in [0.2, 0.25) is 0 Å². The molecule has 4 nitrogen and oxygen atoms in total.